The van der Waals surface area contributed by atoms with Crippen molar-refractivity contribution in [3.05, 3.63) is 23.8 Å². The molecule has 3 rings (SSSR count). The van der Waals surface area contributed by atoms with Crippen LogP contribution in [-0.2, 0) is 20.8 Å². The molecular weight excluding hydrogens is 336 g/mol. The molecule has 1 heterocycles. The Kier molecular flexibility index (Phi) is 5.75. The third-order valence-electron chi connectivity index (χ3n) is 4.94. The Labute approximate surface area is 152 Å². The maximum Gasteiger partial charge on any atom is 0.306 e. The summed E-state index contributed by atoms with van der Waals surface area (Å²) in [5, 5.41) is 14.7. The van der Waals surface area contributed by atoms with E-state index in [4.69, 9.17) is 9.84 Å². The van der Waals surface area contributed by atoms with E-state index < -0.39 is 5.97 Å². The van der Waals surface area contributed by atoms with Crippen LogP contribution in [0, 0.1) is 5.92 Å². The first kappa shape index (κ1) is 18.2. The predicted octanol–water partition coefficient (Wildman–Crippen LogP) is 2.10. The number of benzene rings is 1. The molecule has 0 aromatic heterocycles. The molecule has 0 unspecified atom stereocenters. The quantitative estimate of drug-likeness (QED) is 0.646. The number of hydrogen-bond acceptors (Lipinski definition) is 4. The molecule has 3 N–H and O–H groups in total. The Bertz CT molecular complexity index is 703. The van der Waals surface area contributed by atoms with Gasteiger partial charge in [0.2, 0.25) is 11.8 Å². The third kappa shape index (κ3) is 4.74. The Morgan fingerprint density at radius 3 is 2.88 bits per heavy atom. The van der Waals surface area contributed by atoms with E-state index >= 15 is 0 Å². The van der Waals surface area contributed by atoms with Crippen molar-refractivity contribution in [2.75, 3.05) is 11.9 Å². The number of ether oxygens (including phenoxy) is 1. The summed E-state index contributed by atoms with van der Waals surface area (Å²) in [4.78, 5) is 34.2. The topological polar surface area (TPSA) is 105 Å². The van der Waals surface area contributed by atoms with Crippen molar-refractivity contribution in [3.8, 4) is 5.75 Å². The molecule has 1 fully saturated rings. The second kappa shape index (κ2) is 8.21. The first-order valence-corrected chi connectivity index (χ1v) is 9.09. The monoisotopic (exact) mass is 360 g/mol. The van der Waals surface area contributed by atoms with Crippen molar-refractivity contribution in [2.24, 2.45) is 5.92 Å². The Morgan fingerprint density at radius 2 is 2.12 bits per heavy atom. The fourth-order valence-electron chi connectivity index (χ4n) is 3.51. The number of hydrogen-bond donors (Lipinski definition) is 3. The molecule has 0 spiro atoms. The van der Waals surface area contributed by atoms with Crippen molar-refractivity contribution in [2.45, 2.75) is 51.0 Å². The maximum absolute atomic E-state index is 12.0. The van der Waals surface area contributed by atoms with Crippen molar-refractivity contribution < 1.29 is 24.2 Å². The van der Waals surface area contributed by atoms with Crippen molar-refractivity contribution >= 4 is 23.5 Å². The number of carbonyl (C=O) groups excluding carboxylic acids is 2. The number of aryl methyl sites for hydroxylation is 1. The molecule has 7 heteroatoms. The van der Waals surface area contributed by atoms with Crippen molar-refractivity contribution in [1.82, 2.24) is 5.32 Å². The van der Waals surface area contributed by atoms with Crippen LogP contribution in [0.3, 0.4) is 0 Å². The summed E-state index contributed by atoms with van der Waals surface area (Å²) in [5.74, 6) is -0.399. The van der Waals surface area contributed by atoms with Crippen LogP contribution in [0.25, 0.3) is 0 Å². The van der Waals surface area contributed by atoms with Crippen LogP contribution < -0.4 is 15.4 Å². The number of carboxylic acid groups (broad SMARTS) is 1. The van der Waals surface area contributed by atoms with Gasteiger partial charge in [-0.15, -0.1) is 0 Å². The number of anilines is 1. The second-order valence-electron chi connectivity index (χ2n) is 6.93. The van der Waals surface area contributed by atoms with Crippen LogP contribution in [-0.4, -0.2) is 35.5 Å². The molecule has 0 bridgehead atoms. The van der Waals surface area contributed by atoms with Crippen molar-refractivity contribution in [1.29, 1.82) is 0 Å². The molecule has 2 aliphatic rings. The highest BCUT2D eigenvalue weighted by Crippen LogP contribution is 2.27. The van der Waals surface area contributed by atoms with Gasteiger partial charge in [0.05, 0.1) is 12.5 Å². The lowest BCUT2D eigenvalue weighted by molar-refractivity contribution is -0.141. The summed E-state index contributed by atoms with van der Waals surface area (Å²) >= 11 is 0. The van der Waals surface area contributed by atoms with Crippen LogP contribution in [0.15, 0.2) is 18.2 Å². The average Bonchev–Trinajstić information content (AvgIpc) is 3.07. The standard InChI is InChI=1S/C19H24N2O5/c22-17(20-14-5-3-13(10-14)19(24)25)2-1-9-26-15-6-7-16-12(11-15)4-8-18(23)21-16/h6-7,11,13-14H,1-5,8-10H2,(H,20,22)(H,21,23)(H,24,25)/t13-,14+/m0/s1. The first-order chi connectivity index (χ1) is 12.5. The van der Waals surface area contributed by atoms with Crippen LogP contribution in [0.2, 0.25) is 0 Å². The van der Waals surface area contributed by atoms with E-state index in [9.17, 15) is 14.4 Å². The number of nitrogens with one attached hydrogen (secondary N) is 2. The lowest BCUT2D eigenvalue weighted by Crippen LogP contribution is -2.33. The number of carboxylic acids is 1. The zero-order valence-electron chi connectivity index (χ0n) is 14.6. The van der Waals surface area contributed by atoms with Crippen LogP contribution in [0.5, 0.6) is 5.75 Å². The van der Waals surface area contributed by atoms with Gasteiger partial charge in [0.1, 0.15) is 5.75 Å². The van der Waals surface area contributed by atoms with E-state index in [0.29, 0.717) is 45.1 Å². The zero-order valence-corrected chi connectivity index (χ0v) is 14.6. The van der Waals surface area contributed by atoms with Gasteiger partial charge in [0.25, 0.3) is 0 Å². The highest BCUT2D eigenvalue weighted by molar-refractivity contribution is 5.94. The van der Waals surface area contributed by atoms with Crippen LogP contribution >= 0.6 is 0 Å². The van der Waals surface area contributed by atoms with Gasteiger partial charge in [0, 0.05) is 24.6 Å². The minimum Gasteiger partial charge on any atom is -0.494 e. The molecule has 2 amide bonds. The highest BCUT2D eigenvalue weighted by Gasteiger charge is 2.30. The van der Waals surface area contributed by atoms with Crippen LogP contribution in [0.4, 0.5) is 5.69 Å². The van der Waals surface area contributed by atoms with E-state index in [0.717, 1.165) is 23.4 Å². The molecule has 1 saturated carbocycles. The maximum atomic E-state index is 12.0. The number of rotatable bonds is 7. The second-order valence-corrected chi connectivity index (χ2v) is 6.93. The zero-order chi connectivity index (χ0) is 18.5. The molecule has 1 aromatic rings. The number of amides is 2. The molecule has 26 heavy (non-hydrogen) atoms. The Balaban J connectivity index is 1.36. The Morgan fingerprint density at radius 1 is 1.27 bits per heavy atom. The Hall–Kier alpha value is -2.57. The third-order valence-corrected chi connectivity index (χ3v) is 4.94. The summed E-state index contributed by atoms with van der Waals surface area (Å²) in [6.07, 6.45) is 4.01. The molecule has 140 valence electrons. The van der Waals surface area contributed by atoms with E-state index in [1.165, 1.54) is 0 Å². The predicted molar refractivity (Wildman–Crippen MR) is 95.0 cm³/mol. The fourth-order valence-corrected chi connectivity index (χ4v) is 3.51. The van der Waals surface area contributed by atoms with Crippen LogP contribution in [0.1, 0.15) is 44.1 Å². The largest absolute Gasteiger partial charge is 0.494 e. The first-order valence-electron chi connectivity index (χ1n) is 9.09. The van der Waals surface area contributed by atoms with Crippen molar-refractivity contribution in [3.63, 3.8) is 0 Å². The number of carbonyl (C=O) groups is 3. The molecule has 1 aliphatic heterocycles. The highest BCUT2D eigenvalue weighted by atomic mass is 16.5. The van der Waals surface area contributed by atoms with Gasteiger partial charge in [0.15, 0.2) is 0 Å². The van der Waals surface area contributed by atoms with E-state index in [-0.39, 0.29) is 23.8 Å². The SMILES string of the molecule is O=C1CCc2cc(OCCCC(=O)N[C@@H]3CC[C@H](C(=O)O)C3)ccc2N1. The number of fused-ring (bicyclic) bond motifs is 1. The minimum absolute atomic E-state index is 0.0274. The van der Waals surface area contributed by atoms with Gasteiger partial charge >= 0.3 is 5.97 Å². The molecular formula is C19H24N2O5. The average molecular weight is 360 g/mol. The molecule has 1 aliphatic carbocycles. The van der Waals surface area contributed by atoms with Gasteiger partial charge in [-0.3, -0.25) is 14.4 Å². The summed E-state index contributed by atoms with van der Waals surface area (Å²) in [5.41, 5.74) is 1.90. The molecule has 0 saturated heterocycles. The number of aliphatic carboxylic acids is 1. The fraction of sp³-hybridized carbons (Fsp3) is 0.526. The summed E-state index contributed by atoms with van der Waals surface area (Å²) in [7, 11) is 0. The summed E-state index contributed by atoms with van der Waals surface area (Å²) < 4.78 is 5.70. The summed E-state index contributed by atoms with van der Waals surface area (Å²) in [6.45, 7) is 0.432. The van der Waals surface area contributed by atoms with Gasteiger partial charge in [-0.1, -0.05) is 0 Å². The van der Waals surface area contributed by atoms with Gasteiger partial charge in [-0.2, -0.15) is 0 Å². The van der Waals surface area contributed by atoms with E-state index in [1.807, 2.05) is 18.2 Å². The molecule has 1 aromatic carbocycles. The minimum atomic E-state index is -0.778. The molecule has 7 nitrogen and oxygen atoms in total. The lowest BCUT2D eigenvalue weighted by atomic mass is 10.0. The van der Waals surface area contributed by atoms with Gasteiger partial charge in [-0.05, 0) is 55.9 Å². The summed E-state index contributed by atoms with van der Waals surface area (Å²) in [6, 6.07) is 5.56. The lowest BCUT2D eigenvalue weighted by Gasteiger charge is -2.17. The van der Waals surface area contributed by atoms with Gasteiger partial charge < -0.3 is 20.5 Å². The normalized spacial score (nSPS) is 21.6. The smallest absolute Gasteiger partial charge is 0.306 e. The molecule has 2 atom stereocenters. The molecule has 0 radical (unpaired) electrons. The van der Waals surface area contributed by atoms with E-state index in [1.54, 1.807) is 0 Å². The van der Waals surface area contributed by atoms with Gasteiger partial charge in [-0.25, -0.2) is 0 Å². The van der Waals surface area contributed by atoms with E-state index in [2.05, 4.69) is 10.6 Å².